The van der Waals surface area contributed by atoms with Crippen molar-refractivity contribution < 1.29 is 13.9 Å². The molecule has 1 amide bonds. The van der Waals surface area contributed by atoms with Crippen molar-refractivity contribution in [3.05, 3.63) is 29.6 Å². The Kier molecular flexibility index (Phi) is 5.19. The minimum absolute atomic E-state index is 0.00415. The van der Waals surface area contributed by atoms with Crippen LogP contribution in [0.3, 0.4) is 0 Å². The molecule has 0 bridgehead atoms. The van der Waals surface area contributed by atoms with Gasteiger partial charge in [0.2, 0.25) is 0 Å². The molecule has 1 N–H and O–H groups in total. The maximum atomic E-state index is 13.6. The van der Waals surface area contributed by atoms with Crippen LogP contribution in [0.4, 0.5) is 4.39 Å². The van der Waals surface area contributed by atoms with E-state index in [4.69, 9.17) is 11.2 Å². The molecule has 0 aromatic heterocycles. The second kappa shape index (κ2) is 6.65. The monoisotopic (exact) mass is 249 g/mol. The van der Waals surface area contributed by atoms with Gasteiger partial charge in [0, 0.05) is 12.1 Å². The van der Waals surface area contributed by atoms with E-state index in [0.29, 0.717) is 12.5 Å². The van der Waals surface area contributed by atoms with Crippen LogP contribution in [0.2, 0.25) is 0 Å². The fourth-order valence-corrected chi connectivity index (χ4v) is 1.28. The zero-order valence-corrected chi connectivity index (χ0v) is 10.5. The summed E-state index contributed by atoms with van der Waals surface area (Å²) in [5.41, 5.74) is 0.265. The van der Waals surface area contributed by atoms with E-state index >= 15 is 0 Å². The first-order chi connectivity index (χ1) is 8.54. The molecule has 4 heteroatoms. The summed E-state index contributed by atoms with van der Waals surface area (Å²) in [6, 6.07) is 4.04. The number of benzene rings is 1. The molecular formula is C14H16FNO2. The topological polar surface area (TPSA) is 38.3 Å². The lowest BCUT2D eigenvalue weighted by Crippen LogP contribution is -2.27. The molecule has 1 aromatic carbocycles. The van der Waals surface area contributed by atoms with Crippen LogP contribution in [0.25, 0.3) is 0 Å². The third kappa shape index (κ3) is 4.10. The third-order valence-corrected chi connectivity index (χ3v) is 2.18. The van der Waals surface area contributed by atoms with Gasteiger partial charge in [-0.1, -0.05) is 19.8 Å². The van der Waals surface area contributed by atoms with Gasteiger partial charge < -0.3 is 10.1 Å². The van der Waals surface area contributed by atoms with Crippen molar-refractivity contribution in [1.29, 1.82) is 0 Å². The quantitative estimate of drug-likeness (QED) is 0.813. The Morgan fingerprint density at radius 3 is 2.83 bits per heavy atom. The van der Waals surface area contributed by atoms with E-state index in [9.17, 15) is 9.18 Å². The SMILES string of the molecule is C#CCOc1ccc(C(=O)NCC(C)C)cc1F. The normalized spacial score (nSPS) is 9.94. The van der Waals surface area contributed by atoms with Gasteiger partial charge in [-0.05, 0) is 24.1 Å². The zero-order valence-electron chi connectivity index (χ0n) is 10.5. The number of halogens is 1. The minimum Gasteiger partial charge on any atom is -0.478 e. The van der Waals surface area contributed by atoms with E-state index in [1.54, 1.807) is 0 Å². The van der Waals surface area contributed by atoms with Crippen molar-refractivity contribution in [1.82, 2.24) is 5.32 Å². The Morgan fingerprint density at radius 2 is 2.28 bits per heavy atom. The first kappa shape index (κ1) is 14.0. The van der Waals surface area contributed by atoms with E-state index in [1.807, 2.05) is 13.8 Å². The van der Waals surface area contributed by atoms with E-state index in [2.05, 4.69) is 11.2 Å². The molecular weight excluding hydrogens is 233 g/mol. The first-order valence-corrected chi connectivity index (χ1v) is 5.68. The van der Waals surface area contributed by atoms with Crippen molar-refractivity contribution in [3.63, 3.8) is 0 Å². The molecule has 0 saturated carbocycles. The smallest absolute Gasteiger partial charge is 0.251 e. The predicted octanol–water partition coefficient (Wildman–Crippen LogP) is 2.22. The van der Waals surface area contributed by atoms with Crippen LogP contribution in [0.15, 0.2) is 18.2 Å². The molecule has 0 spiro atoms. The summed E-state index contributed by atoms with van der Waals surface area (Å²) in [5.74, 6) is 1.74. The summed E-state index contributed by atoms with van der Waals surface area (Å²) in [6.45, 7) is 4.51. The van der Waals surface area contributed by atoms with Crippen molar-refractivity contribution >= 4 is 5.91 Å². The standard InChI is InChI=1S/C14H16FNO2/c1-4-7-18-13-6-5-11(8-12(13)15)14(17)16-9-10(2)3/h1,5-6,8,10H,7,9H2,2-3H3,(H,16,17). The van der Waals surface area contributed by atoms with Crippen molar-refractivity contribution in [3.8, 4) is 18.1 Å². The van der Waals surface area contributed by atoms with Crippen LogP contribution in [-0.2, 0) is 0 Å². The highest BCUT2D eigenvalue weighted by Gasteiger charge is 2.10. The Morgan fingerprint density at radius 1 is 1.56 bits per heavy atom. The lowest BCUT2D eigenvalue weighted by molar-refractivity contribution is 0.0948. The fraction of sp³-hybridized carbons (Fsp3) is 0.357. The van der Waals surface area contributed by atoms with E-state index in [0.717, 1.165) is 6.07 Å². The minimum atomic E-state index is -0.595. The van der Waals surface area contributed by atoms with E-state index in [1.165, 1.54) is 12.1 Å². The highest BCUT2D eigenvalue weighted by Crippen LogP contribution is 2.18. The Hall–Kier alpha value is -2.02. The number of nitrogens with one attached hydrogen (secondary N) is 1. The first-order valence-electron chi connectivity index (χ1n) is 5.68. The maximum Gasteiger partial charge on any atom is 0.251 e. The number of rotatable bonds is 5. The molecule has 0 unspecified atom stereocenters. The molecule has 18 heavy (non-hydrogen) atoms. The van der Waals surface area contributed by atoms with Gasteiger partial charge in [0.15, 0.2) is 11.6 Å². The molecule has 1 rings (SSSR count). The summed E-state index contributed by atoms with van der Waals surface area (Å²) < 4.78 is 18.5. The number of hydrogen-bond donors (Lipinski definition) is 1. The largest absolute Gasteiger partial charge is 0.478 e. The van der Waals surface area contributed by atoms with Crippen LogP contribution in [0.1, 0.15) is 24.2 Å². The fourth-order valence-electron chi connectivity index (χ4n) is 1.28. The van der Waals surface area contributed by atoms with Crippen molar-refractivity contribution in [2.75, 3.05) is 13.2 Å². The van der Waals surface area contributed by atoms with Gasteiger partial charge in [0.05, 0.1) is 0 Å². The van der Waals surface area contributed by atoms with Crippen LogP contribution >= 0.6 is 0 Å². The van der Waals surface area contributed by atoms with Crippen LogP contribution in [-0.4, -0.2) is 19.1 Å². The Balaban J connectivity index is 2.71. The van der Waals surface area contributed by atoms with Crippen LogP contribution < -0.4 is 10.1 Å². The lowest BCUT2D eigenvalue weighted by atomic mass is 10.1. The third-order valence-electron chi connectivity index (χ3n) is 2.18. The second-order valence-electron chi connectivity index (χ2n) is 4.24. The van der Waals surface area contributed by atoms with Crippen molar-refractivity contribution in [2.24, 2.45) is 5.92 Å². The molecule has 1 aromatic rings. The Bertz CT molecular complexity index is 463. The van der Waals surface area contributed by atoms with Gasteiger partial charge in [0.25, 0.3) is 5.91 Å². The molecule has 96 valence electrons. The van der Waals surface area contributed by atoms with Gasteiger partial charge in [-0.15, -0.1) is 6.42 Å². The number of carbonyl (C=O) groups is 1. The molecule has 0 heterocycles. The molecule has 3 nitrogen and oxygen atoms in total. The summed E-state index contributed by atoms with van der Waals surface area (Å²) in [7, 11) is 0. The van der Waals surface area contributed by atoms with E-state index < -0.39 is 5.82 Å². The second-order valence-corrected chi connectivity index (χ2v) is 4.24. The molecule has 0 aliphatic carbocycles. The Labute approximate surface area is 106 Å². The average Bonchev–Trinajstić information content (AvgIpc) is 2.34. The number of amides is 1. The number of carbonyl (C=O) groups excluding carboxylic acids is 1. The molecule has 0 atom stereocenters. The van der Waals surface area contributed by atoms with Gasteiger partial charge in [0.1, 0.15) is 6.61 Å². The highest BCUT2D eigenvalue weighted by molar-refractivity contribution is 5.94. The summed E-state index contributed by atoms with van der Waals surface area (Å²) in [6.07, 6.45) is 5.01. The van der Waals surface area contributed by atoms with Gasteiger partial charge in [-0.2, -0.15) is 0 Å². The van der Waals surface area contributed by atoms with Crippen molar-refractivity contribution in [2.45, 2.75) is 13.8 Å². The number of ether oxygens (including phenoxy) is 1. The number of hydrogen-bond acceptors (Lipinski definition) is 2. The lowest BCUT2D eigenvalue weighted by Gasteiger charge is -2.09. The van der Waals surface area contributed by atoms with E-state index in [-0.39, 0.29) is 23.8 Å². The maximum absolute atomic E-state index is 13.6. The molecule has 0 aliphatic rings. The predicted molar refractivity (Wildman–Crippen MR) is 67.9 cm³/mol. The molecule has 0 saturated heterocycles. The summed E-state index contributed by atoms with van der Waals surface area (Å²) in [4.78, 5) is 11.7. The van der Waals surface area contributed by atoms with Gasteiger partial charge in [-0.3, -0.25) is 4.79 Å². The van der Waals surface area contributed by atoms with Crippen LogP contribution in [0.5, 0.6) is 5.75 Å². The molecule has 0 fully saturated rings. The van der Waals surface area contributed by atoms with Gasteiger partial charge in [-0.25, -0.2) is 4.39 Å². The van der Waals surface area contributed by atoms with Gasteiger partial charge >= 0.3 is 0 Å². The summed E-state index contributed by atoms with van der Waals surface area (Å²) >= 11 is 0. The number of terminal acetylenes is 1. The molecule has 0 aliphatic heterocycles. The zero-order chi connectivity index (χ0) is 13.5. The van der Waals surface area contributed by atoms with Crippen LogP contribution in [0, 0.1) is 24.1 Å². The molecule has 0 radical (unpaired) electrons. The average molecular weight is 249 g/mol. The highest BCUT2D eigenvalue weighted by atomic mass is 19.1. The summed E-state index contributed by atoms with van der Waals surface area (Å²) in [5, 5.41) is 2.71.